The minimum atomic E-state index is 0. The number of aryl methyl sites for hydroxylation is 2. The summed E-state index contributed by atoms with van der Waals surface area (Å²) in [5.74, 6) is 1.39. The fraction of sp³-hybridized carbons (Fsp3) is 0.409. The Balaban J connectivity index is 0.00000320. The fourth-order valence-electron chi connectivity index (χ4n) is 3.37. The van der Waals surface area contributed by atoms with E-state index in [1.54, 1.807) is 0 Å². The third-order valence-corrected chi connectivity index (χ3v) is 4.92. The van der Waals surface area contributed by atoms with Gasteiger partial charge in [-0.1, -0.05) is 13.8 Å². The lowest BCUT2D eigenvalue weighted by atomic mass is 10.1. The van der Waals surface area contributed by atoms with Crippen molar-refractivity contribution in [1.29, 1.82) is 0 Å². The maximum absolute atomic E-state index is 6.17. The van der Waals surface area contributed by atoms with Gasteiger partial charge in [0, 0.05) is 40.8 Å². The van der Waals surface area contributed by atoms with Crippen LogP contribution in [0.25, 0.3) is 10.9 Å². The highest BCUT2D eigenvalue weighted by Gasteiger charge is 2.06. The van der Waals surface area contributed by atoms with Gasteiger partial charge in [-0.15, -0.1) is 12.4 Å². The van der Waals surface area contributed by atoms with Gasteiger partial charge in [0.25, 0.3) is 0 Å². The molecule has 7 nitrogen and oxygen atoms in total. The van der Waals surface area contributed by atoms with Crippen molar-refractivity contribution in [2.24, 2.45) is 0 Å². The third kappa shape index (κ3) is 6.18. The fourth-order valence-corrected chi connectivity index (χ4v) is 3.37. The number of benzene rings is 1. The summed E-state index contributed by atoms with van der Waals surface area (Å²) in [7, 11) is 0. The first-order valence-corrected chi connectivity index (χ1v) is 10.2. The van der Waals surface area contributed by atoms with E-state index in [9.17, 15) is 0 Å². The zero-order chi connectivity index (χ0) is 20.8. The smallest absolute Gasteiger partial charge is 0.224 e. The average Bonchev–Trinajstić information content (AvgIpc) is 2.68. The molecule has 30 heavy (non-hydrogen) atoms. The van der Waals surface area contributed by atoms with E-state index in [0.717, 1.165) is 72.1 Å². The van der Waals surface area contributed by atoms with Gasteiger partial charge in [-0.2, -0.15) is 4.98 Å². The summed E-state index contributed by atoms with van der Waals surface area (Å²) in [4.78, 5) is 16.1. The van der Waals surface area contributed by atoms with Crippen LogP contribution in [0.4, 0.5) is 23.1 Å². The topological polar surface area (TPSA) is 92.0 Å². The molecule has 0 aliphatic carbocycles. The molecule has 0 saturated heterocycles. The molecule has 2 heterocycles. The Labute approximate surface area is 184 Å². The lowest BCUT2D eigenvalue weighted by Gasteiger charge is -2.17. The monoisotopic (exact) mass is 429 g/mol. The molecule has 1 aromatic carbocycles. The predicted molar refractivity (Wildman–Crippen MR) is 129 cm³/mol. The second-order valence-electron chi connectivity index (χ2n) is 7.24. The molecule has 0 spiro atoms. The molecule has 3 aromatic rings. The minimum Gasteiger partial charge on any atom is -0.398 e. The first-order chi connectivity index (χ1) is 14.0. The van der Waals surface area contributed by atoms with Crippen molar-refractivity contribution >= 4 is 46.5 Å². The van der Waals surface area contributed by atoms with Crippen molar-refractivity contribution in [1.82, 2.24) is 19.9 Å². The van der Waals surface area contributed by atoms with Crippen LogP contribution in [-0.2, 0) is 0 Å². The van der Waals surface area contributed by atoms with Crippen molar-refractivity contribution in [2.45, 2.75) is 34.1 Å². The normalized spacial score (nSPS) is 10.8. The molecule has 0 saturated carbocycles. The Morgan fingerprint density at radius 1 is 0.967 bits per heavy atom. The van der Waals surface area contributed by atoms with Crippen LogP contribution in [0, 0.1) is 13.8 Å². The number of rotatable bonds is 9. The molecule has 0 atom stereocenters. The number of aromatic nitrogens is 3. The van der Waals surface area contributed by atoms with Crippen molar-refractivity contribution < 1.29 is 0 Å². The Kier molecular flexibility index (Phi) is 8.62. The average molecular weight is 430 g/mol. The number of anilines is 4. The number of pyridine rings is 1. The van der Waals surface area contributed by atoms with Gasteiger partial charge < -0.3 is 21.3 Å². The summed E-state index contributed by atoms with van der Waals surface area (Å²) in [5, 5.41) is 7.64. The summed E-state index contributed by atoms with van der Waals surface area (Å²) < 4.78 is 0. The molecule has 0 radical (unpaired) electrons. The summed E-state index contributed by atoms with van der Waals surface area (Å²) in [6.45, 7) is 12.4. The molecule has 0 aliphatic heterocycles. The maximum Gasteiger partial charge on any atom is 0.224 e. The van der Waals surface area contributed by atoms with E-state index >= 15 is 0 Å². The standard InChI is InChI=1S/C22H31N7.ClH/c1-5-29(6-2)11-7-10-24-22-26-16(4)13-21(28-22)27-17-8-9-20-18(14-17)19(23)12-15(3)25-20;/h8-9,12-14H,5-7,10-11H2,1-4H3,(H2,23,25)(H2,24,26,27,28);1H. The van der Waals surface area contributed by atoms with Crippen LogP contribution in [0.3, 0.4) is 0 Å². The predicted octanol–water partition coefficient (Wildman–Crippen LogP) is 4.53. The van der Waals surface area contributed by atoms with Crippen molar-refractivity contribution in [2.75, 3.05) is 42.5 Å². The Hall–Kier alpha value is -2.64. The summed E-state index contributed by atoms with van der Waals surface area (Å²) in [5.41, 5.74) is 10.5. The van der Waals surface area contributed by atoms with Gasteiger partial charge in [0.15, 0.2) is 0 Å². The van der Waals surface area contributed by atoms with Gasteiger partial charge >= 0.3 is 0 Å². The molecule has 0 unspecified atom stereocenters. The van der Waals surface area contributed by atoms with Gasteiger partial charge in [-0.3, -0.25) is 4.98 Å². The second-order valence-corrected chi connectivity index (χ2v) is 7.24. The Morgan fingerprint density at radius 2 is 1.70 bits per heavy atom. The molecule has 0 fully saturated rings. The molecule has 162 valence electrons. The van der Waals surface area contributed by atoms with Crippen LogP contribution in [0.2, 0.25) is 0 Å². The largest absolute Gasteiger partial charge is 0.398 e. The summed E-state index contributed by atoms with van der Waals surface area (Å²) in [6, 6.07) is 9.79. The van der Waals surface area contributed by atoms with Crippen LogP contribution < -0.4 is 16.4 Å². The van der Waals surface area contributed by atoms with E-state index < -0.39 is 0 Å². The summed E-state index contributed by atoms with van der Waals surface area (Å²) >= 11 is 0. The van der Waals surface area contributed by atoms with E-state index in [-0.39, 0.29) is 12.4 Å². The number of fused-ring (bicyclic) bond motifs is 1. The molecule has 3 rings (SSSR count). The van der Waals surface area contributed by atoms with Crippen LogP contribution in [0.15, 0.2) is 30.3 Å². The molecule has 4 N–H and O–H groups in total. The van der Waals surface area contributed by atoms with E-state index in [2.05, 4.69) is 44.3 Å². The van der Waals surface area contributed by atoms with E-state index in [0.29, 0.717) is 5.95 Å². The lowest BCUT2D eigenvalue weighted by Crippen LogP contribution is -2.25. The van der Waals surface area contributed by atoms with Gasteiger partial charge in [-0.05, 0) is 64.2 Å². The highest BCUT2D eigenvalue weighted by atomic mass is 35.5. The quantitative estimate of drug-likeness (QED) is 0.430. The molecule has 2 aromatic heterocycles. The Morgan fingerprint density at radius 3 is 2.43 bits per heavy atom. The highest BCUT2D eigenvalue weighted by molar-refractivity contribution is 5.93. The van der Waals surface area contributed by atoms with Crippen LogP contribution in [0.5, 0.6) is 0 Å². The lowest BCUT2D eigenvalue weighted by molar-refractivity contribution is 0.303. The van der Waals surface area contributed by atoms with E-state index in [1.807, 2.05) is 44.2 Å². The summed E-state index contributed by atoms with van der Waals surface area (Å²) in [6.07, 6.45) is 1.05. The molecule has 0 bridgehead atoms. The van der Waals surface area contributed by atoms with Crippen molar-refractivity contribution in [3.05, 3.63) is 41.7 Å². The molecule has 0 amide bonds. The van der Waals surface area contributed by atoms with E-state index in [4.69, 9.17) is 5.73 Å². The molecular weight excluding hydrogens is 398 g/mol. The third-order valence-electron chi connectivity index (χ3n) is 4.92. The van der Waals surface area contributed by atoms with Crippen LogP contribution in [-0.4, -0.2) is 46.0 Å². The second kappa shape index (κ2) is 10.9. The molecular formula is C22H32ClN7. The number of nitrogens with one attached hydrogen (secondary N) is 2. The van der Waals surface area contributed by atoms with E-state index in [1.165, 1.54) is 0 Å². The first kappa shape index (κ1) is 23.6. The van der Waals surface area contributed by atoms with Crippen molar-refractivity contribution in [3.8, 4) is 0 Å². The van der Waals surface area contributed by atoms with Gasteiger partial charge in [0.2, 0.25) is 5.95 Å². The van der Waals surface area contributed by atoms with Gasteiger partial charge in [-0.25, -0.2) is 4.98 Å². The number of hydrogen-bond acceptors (Lipinski definition) is 7. The van der Waals surface area contributed by atoms with Gasteiger partial charge in [0.1, 0.15) is 5.82 Å². The number of nitrogens with two attached hydrogens (primary N) is 1. The number of halogens is 1. The Bertz CT molecular complexity index is 973. The van der Waals surface area contributed by atoms with Crippen LogP contribution >= 0.6 is 12.4 Å². The number of nitrogens with zero attached hydrogens (tertiary/aromatic N) is 4. The molecule has 0 aliphatic rings. The highest BCUT2D eigenvalue weighted by Crippen LogP contribution is 2.26. The SMILES string of the molecule is CCN(CC)CCCNc1nc(C)cc(Nc2ccc3nc(C)cc(N)c3c2)n1.Cl. The molecule has 8 heteroatoms. The maximum atomic E-state index is 6.17. The van der Waals surface area contributed by atoms with Crippen LogP contribution in [0.1, 0.15) is 31.7 Å². The number of hydrogen-bond donors (Lipinski definition) is 3. The van der Waals surface area contributed by atoms with Gasteiger partial charge in [0.05, 0.1) is 5.52 Å². The minimum absolute atomic E-state index is 0. The number of nitrogen functional groups attached to an aromatic ring is 1. The first-order valence-electron chi connectivity index (χ1n) is 10.2. The zero-order valence-corrected chi connectivity index (χ0v) is 19.0. The van der Waals surface area contributed by atoms with Crippen molar-refractivity contribution in [3.63, 3.8) is 0 Å². The zero-order valence-electron chi connectivity index (χ0n) is 18.2.